The van der Waals surface area contributed by atoms with Crippen LogP contribution >= 0.6 is 0 Å². The lowest BCUT2D eigenvalue weighted by atomic mass is 10.0. The molecular formula is C14H15NO3. The number of benzene rings is 1. The van der Waals surface area contributed by atoms with E-state index in [1.165, 1.54) is 0 Å². The summed E-state index contributed by atoms with van der Waals surface area (Å²) in [5, 5.41) is 10.3. The first-order valence-corrected chi connectivity index (χ1v) is 5.57. The highest BCUT2D eigenvalue weighted by Crippen LogP contribution is 2.32. The molecule has 0 saturated carbocycles. The first-order chi connectivity index (χ1) is 8.76. The largest absolute Gasteiger partial charge is 0.497 e. The van der Waals surface area contributed by atoms with Crippen molar-refractivity contribution in [3.63, 3.8) is 0 Å². The Morgan fingerprint density at radius 2 is 1.94 bits per heavy atom. The van der Waals surface area contributed by atoms with Gasteiger partial charge in [-0.05, 0) is 30.3 Å². The van der Waals surface area contributed by atoms with Gasteiger partial charge >= 0.3 is 0 Å². The predicted molar refractivity (Wildman–Crippen MR) is 67.8 cm³/mol. The minimum Gasteiger partial charge on any atom is -0.497 e. The molecule has 0 bridgehead atoms. The molecule has 2 aromatic rings. The number of ether oxygens (including phenoxy) is 2. The molecule has 1 aromatic heterocycles. The SMILES string of the molecule is COc1ccc(OC)c(C(O)c2ccccn2)c1. The molecule has 1 unspecified atom stereocenters. The lowest BCUT2D eigenvalue weighted by molar-refractivity contribution is 0.209. The summed E-state index contributed by atoms with van der Waals surface area (Å²) in [4.78, 5) is 4.14. The van der Waals surface area contributed by atoms with E-state index in [0.29, 0.717) is 22.8 Å². The minimum atomic E-state index is -0.837. The smallest absolute Gasteiger partial charge is 0.125 e. The van der Waals surface area contributed by atoms with E-state index in [1.807, 2.05) is 6.07 Å². The second-order valence-electron chi connectivity index (χ2n) is 3.77. The summed E-state index contributed by atoms with van der Waals surface area (Å²) in [5.74, 6) is 1.27. The number of methoxy groups -OCH3 is 2. The summed E-state index contributed by atoms with van der Waals surface area (Å²) in [6.45, 7) is 0. The fraction of sp³-hybridized carbons (Fsp3) is 0.214. The molecule has 18 heavy (non-hydrogen) atoms. The van der Waals surface area contributed by atoms with Crippen molar-refractivity contribution in [2.75, 3.05) is 14.2 Å². The van der Waals surface area contributed by atoms with E-state index in [0.717, 1.165) is 0 Å². The molecule has 1 N–H and O–H groups in total. The number of pyridine rings is 1. The van der Waals surface area contributed by atoms with Crippen LogP contribution in [0.25, 0.3) is 0 Å². The van der Waals surface area contributed by atoms with Crippen LogP contribution in [0.15, 0.2) is 42.6 Å². The van der Waals surface area contributed by atoms with Crippen LogP contribution in [0.2, 0.25) is 0 Å². The number of aliphatic hydroxyl groups excluding tert-OH is 1. The maximum Gasteiger partial charge on any atom is 0.125 e. The van der Waals surface area contributed by atoms with Crippen LogP contribution in [0.5, 0.6) is 11.5 Å². The Kier molecular flexibility index (Phi) is 3.79. The Morgan fingerprint density at radius 3 is 2.56 bits per heavy atom. The van der Waals surface area contributed by atoms with Gasteiger partial charge < -0.3 is 14.6 Å². The molecule has 4 nitrogen and oxygen atoms in total. The third-order valence-electron chi connectivity index (χ3n) is 2.70. The molecule has 0 saturated heterocycles. The third kappa shape index (κ3) is 2.43. The van der Waals surface area contributed by atoms with Gasteiger partial charge in [0, 0.05) is 11.8 Å². The minimum absolute atomic E-state index is 0.573. The van der Waals surface area contributed by atoms with Crippen molar-refractivity contribution >= 4 is 0 Å². The molecular weight excluding hydrogens is 230 g/mol. The molecule has 1 heterocycles. The highest BCUT2D eigenvalue weighted by atomic mass is 16.5. The molecule has 0 radical (unpaired) electrons. The summed E-state index contributed by atoms with van der Waals surface area (Å²) in [6, 6.07) is 10.7. The molecule has 94 valence electrons. The molecule has 0 fully saturated rings. The first-order valence-electron chi connectivity index (χ1n) is 5.57. The summed E-state index contributed by atoms with van der Waals surface area (Å²) >= 11 is 0. The Bertz CT molecular complexity index is 514. The van der Waals surface area contributed by atoms with Gasteiger partial charge in [0.05, 0.1) is 19.9 Å². The summed E-state index contributed by atoms with van der Waals surface area (Å²) in [7, 11) is 3.15. The molecule has 0 aliphatic rings. The zero-order valence-corrected chi connectivity index (χ0v) is 10.3. The van der Waals surface area contributed by atoms with Gasteiger partial charge in [0.25, 0.3) is 0 Å². The van der Waals surface area contributed by atoms with Crippen LogP contribution < -0.4 is 9.47 Å². The zero-order valence-electron chi connectivity index (χ0n) is 10.3. The van der Waals surface area contributed by atoms with Crippen LogP contribution in [-0.2, 0) is 0 Å². The second-order valence-corrected chi connectivity index (χ2v) is 3.77. The number of hydrogen-bond acceptors (Lipinski definition) is 4. The lowest BCUT2D eigenvalue weighted by Crippen LogP contribution is -2.04. The average molecular weight is 245 g/mol. The number of aromatic nitrogens is 1. The van der Waals surface area contributed by atoms with Crippen molar-refractivity contribution in [3.8, 4) is 11.5 Å². The summed E-state index contributed by atoms with van der Waals surface area (Å²) in [6.07, 6.45) is 0.807. The van der Waals surface area contributed by atoms with Crippen LogP contribution in [0.4, 0.5) is 0 Å². The normalized spacial score (nSPS) is 11.9. The summed E-state index contributed by atoms with van der Waals surface area (Å²) in [5.41, 5.74) is 1.21. The zero-order chi connectivity index (χ0) is 13.0. The molecule has 4 heteroatoms. The van der Waals surface area contributed by atoms with Crippen molar-refractivity contribution in [2.24, 2.45) is 0 Å². The van der Waals surface area contributed by atoms with E-state index < -0.39 is 6.10 Å². The van der Waals surface area contributed by atoms with Crippen LogP contribution in [-0.4, -0.2) is 24.3 Å². The molecule has 0 spiro atoms. The van der Waals surface area contributed by atoms with E-state index >= 15 is 0 Å². The molecule has 0 amide bonds. The fourth-order valence-electron chi connectivity index (χ4n) is 1.75. The lowest BCUT2D eigenvalue weighted by Gasteiger charge is -2.15. The average Bonchev–Trinajstić information content (AvgIpc) is 2.46. The monoisotopic (exact) mass is 245 g/mol. The van der Waals surface area contributed by atoms with Crippen LogP contribution in [0.3, 0.4) is 0 Å². The van der Waals surface area contributed by atoms with Gasteiger partial charge in [-0.1, -0.05) is 6.07 Å². The van der Waals surface area contributed by atoms with Crippen LogP contribution in [0, 0.1) is 0 Å². The van der Waals surface area contributed by atoms with Crippen molar-refractivity contribution in [3.05, 3.63) is 53.9 Å². The van der Waals surface area contributed by atoms with Crippen molar-refractivity contribution in [1.82, 2.24) is 4.98 Å². The second kappa shape index (κ2) is 5.51. The molecule has 1 aromatic carbocycles. The summed E-state index contributed by atoms with van der Waals surface area (Å²) < 4.78 is 10.4. The van der Waals surface area contributed by atoms with Gasteiger partial charge in [-0.2, -0.15) is 0 Å². The van der Waals surface area contributed by atoms with Crippen molar-refractivity contribution < 1.29 is 14.6 Å². The van der Waals surface area contributed by atoms with E-state index in [-0.39, 0.29) is 0 Å². The third-order valence-corrected chi connectivity index (χ3v) is 2.70. The van der Waals surface area contributed by atoms with Gasteiger partial charge in [-0.3, -0.25) is 4.98 Å². The quantitative estimate of drug-likeness (QED) is 0.897. The van der Waals surface area contributed by atoms with Gasteiger partial charge in [-0.25, -0.2) is 0 Å². The van der Waals surface area contributed by atoms with Gasteiger partial charge in [0.15, 0.2) is 0 Å². The number of aliphatic hydroxyl groups is 1. The highest BCUT2D eigenvalue weighted by Gasteiger charge is 2.17. The number of nitrogens with zero attached hydrogens (tertiary/aromatic N) is 1. The van der Waals surface area contributed by atoms with E-state index in [4.69, 9.17) is 9.47 Å². The maximum absolute atomic E-state index is 10.3. The van der Waals surface area contributed by atoms with E-state index in [1.54, 1.807) is 50.7 Å². The predicted octanol–water partition coefficient (Wildman–Crippen LogP) is 2.18. The fourth-order valence-corrected chi connectivity index (χ4v) is 1.75. The standard InChI is InChI=1S/C14H15NO3/c1-17-10-6-7-13(18-2)11(9-10)14(16)12-5-3-4-8-15-12/h3-9,14,16H,1-2H3. The van der Waals surface area contributed by atoms with E-state index in [2.05, 4.69) is 4.98 Å². The van der Waals surface area contributed by atoms with Gasteiger partial charge in [0.1, 0.15) is 17.6 Å². The Labute approximate surface area is 106 Å². The Balaban J connectivity index is 2.42. The van der Waals surface area contributed by atoms with Crippen molar-refractivity contribution in [2.45, 2.75) is 6.10 Å². The highest BCUT2D eigenvalue weighted by molar-refractivity contribution is 5.44. The number of rotatable bonds is 4. The van der Waals surface area contributed by atoms with Crippen molar-refractivity contribution in [1.29, 1.82) is 0 Å². The molecule has 0 aliphatic carbocycles. The van der Waals surface area contributed by atoms with E-state index in [9.17, 15) is 5.11 Å². The van der Waals surface area contributed by atoms with Gasteiger partial charge in [0.2, 0.25) is 0 Å². The number of hydrogen-bond donors (Lipinski definition) is 1. The molecule has 1 atom stereocenters. The Morgan fingerprint density at radius 1 is 1.11 bits per heavy atom. The first kappa shape index (κ1) is 12.4. The maximum atomic E-state index is 10.3. The van der Waals surface area contributed by atoms with Crippen LogP contribution in [0.1, 0.15) is 17.4 Å². The topological polar surface area (TPSA) is 51.6 Å². The molecule has 2 rings (SSSR count). The Hall–Kier alpha value is -2.07. The van der Waals surface area contributed by atoms with Gasteiger partial charge in [-0.15, -0.1) is 0 Å². The molecule has 0 aliphatic heterocycles.